The third kappa shape index (κ3) is 5.44. The van der Waals surface area contributed by atoms with E-state index in [0.717, 1.165) is 54.2 Å². The smallest absolute Gasteiger partial charge is 0.0726 e. The number of aryl methyl sites for hydroxylation is 1. The third-order valence-corrected chi connectivity index (χ3v) is 5.03. The summed E-state index contributed by atoms with van der Waals surface area (Å²) in [7, 11) is 0. The number of aromatic nitrogens is 1. The molecule has 0 atom stereocenters. The maximum absolute atomic E-state index is 4.62. The van der Waals surface area contributed by atoms with E-state index in [1.807, 2.05) is 19.1 Å². The predicted octanol–water partition coefficient (Wildman–Crippen LogP) is 5.17. The van der Waals surface area contributed by atoms with E-state index in [9.17, 15) is 0 Å². The number of rotatable bonds is 9. The van der Waals surface area contributed by atoms with Crippen LogP contribution in [-0.2, 0) is 13.1 Å². The van der Waals surface area contributed by atoms with Gasteiger partial charge in [-0.15, -0.1) is 0 Å². The summed E-state index contributed by atoms with van der Waals surface area (Å²) in [6.07, 6.45) is 0. The van der Waals surface area contributed by atoms with Crippen LogP contribution >= 0.6 is 0 Å². The molecular formula is C26H28N4. The third-order valence-electron chi connectivity index (χ3n) is 5.03. The maximum Gasteiger partial charge on any atom is 0.0726 e. The summed E-state index contributed by atoms with van der Waals surface area (Å²) < 4.78 is 0. The van der Waals surface area contributed by atoms with Crippen LogP contribution < -0.4 is 16.0 Å². The van der Waals surface area contributed by atoms with E-state index in [2.05, 4.69) is 93.7 Å². The van der Waals surface area contributed by atoms with Crippen molar-refractivity contribution in [2.24, 2.45) is 0 Å². The Morgan fingerprint density at radius 3 is 2.23 bits per heavy atom. The van der Waals surface area contributed by atoms with Gasteiger partial charge in [0.1, 0.15) is 0 Å². The number of para-hydroxylation sites is 1. The highest BCUT2D eigenvalue weighted by Gasteiger charge is 2.04. The highest BCUT2D eigenvalue weighted by atomic mass is 14.9. The Morgan fingerprint density at radius 2 is 1.40 bits per heavy atom. The van der Waals surface area contributed by atoms with Gasteiger partial charge in [-0.1, -0.05) is 60.7 Å². The monoisotopic (exact) mass is 396 g/mol. The molecule has 0 spiro atoms. The molecular weight excluding hydrogens is 368 g/mol. The molecule has 3 aromatic carbocycles. The first-order valence-electron chi connectivity index (χ1n) is 10.5. The second-order valence-corrected chi connectivity index (χ2v) is 7.49. The van der Waals surface area contributed by atoms with Gasteiger partial charge in [0.25, 0.3) is 0 Å². The molecule has 1 aromatic heterocycles. The van der Waals surface area contributed by atoms with Crippen molar-refractivity contribution in [3.63, 3.8) is 0 Å². The quantitative estimate of drug-likeness (QED) is 0.342. The lowest BCUT2D eigenvalue weighted by Crippen LogP contribution is -2.26. The fourth-order valence-electron chi connectivity index (χ4n) is 3.56. The summed E-state index contributed by atoms with van der Waals surface area (Å²) in [5, 5.41) is 11.7. The van der Waals surface area contributed by atoms with Gasteiger partial charge in [-0.2, -0.15) is 0 Å². The molecule has 0 fully saturated rings. The van der Waals surface area contributed by atoms with E-state index in [1.165, 1.54) is 11.1 Å². The van der Waals surface area contributed by atoms with E-state index >= 15 is 0 Å². The molecule has 4 aromatic rings. The highest BCUT2D eigenvalue weighted by molar-refractivity contribution is 5.93. The van der Waals surface area contributed by atoms with Gasteiger partial charge in [0, 0.05) is 48.6 Å². The van der Waals surface area contributed by atoms with Gasteiger partial charge in [-0.3, -0.25) is 4.98 Å². The van der Waals surface area contributed by atoms with Crippen LogP contribution in [0.2, 0.25) is 0 Å². The molecule has 0 aliphatic heterocycles. The minimum Gasteiger partial charge on any atom is -0.355 e. The van der Waals surface area contributed by atoms with Crippen LogP contribution in [0.4, 0.5) is 11.4 Å². The van der Waals surface area contributed by atoms with Crippen LogP contribution in [0, 0.1) is 6.92 Å². The topological polar surface area (TPSA) is 49.0 Å². The van der Waals surface area contributed by atoms with E-state index in [0.29, 0.717) is 0 Å². The van der Waals surface area contributed by atoms with E-state index in [4.69, 9.17) is 0 Å². The molecule has 0 aliphatic rings. The standard InChI is InChI=1S/C26H28N4/c1-20-16-26(24-12-5-6-13-25(24)29-20)30-23-11-7-10-22(17-23)19-28-15-14-27-18-21-8-3-2-4-9-21/h2-13,16-17,27-28H,14-15,18-19H2,1H3,(H,29,30). The van der Waals surface area contributed by atoms with Crippen molar-refractivity contribution >= 4 is 22.3 Å². The number of anilines is 2. The Balaban J connectivity index is 1.30. The molecule has 0 bridgehead atoms. The minimum atomic E-state index is 0.846. The zero-order chi connectivity index (χ0) is 20.6. The lowest BCUT2D eigenvalue weighted by atomic mass is 10.1. The summed E-state index contributed by atoms with van der Waals surface area (Å²) in [6, 6.07) is 29.4. The molecule has 0 saturated heterocycles. The van der Waals surface area contributed by atoms with E-state index in [-0.39, 0.29) is 0 Å². The molecule has 4 nitrogen and oxygen atoms in total. The van der Waals surface area contributed by atoms with Crippen LogP contribution in [0.25, 0.3) is 10.9 Å². The number of nitrogens with zero attached hydrogens (tertiary/aromatic N) is 1. The molecule has 3 N–H and O–H groups in total. The van der Waals surface area contributed by atoms with Crippen molar-refractivity contribution in [2.75, 3.05) is 18.4 Å². The fraction of sp³-hybridized carbons (Fsp3) is 0.192. The van der Waals surface area contributed by atoms with Crippen LogP contribution in [0.1, 0.15) is 16.8 Å². The second kappa shape index (κ2) is 10.0. The van der Waals surface area contributed by atoms with Gasteiger partial charge in [0.05, 0.1) is 5.52 Å². The molecule has 152 valence electrons. The Labute approximate surface area is 178 Å². The van der Waals surface area contributed by atoms with Crippen molar-refractivity contribution < 1.29 is 0 Å². The van der Waals surface area contributed by atoms with E-state index in [1.54, 1.807) is 0 Å². The number of hydrogen-bond acceptors (Lipinski definition) is 4. The summed E-state index contributed by atoms with van der Waals surface area (Å²) >= 11 is 0. The van der Waals surface area contributed by atoms with Crippen molar-refractivity contribution in [1.29, 1.82) is 0 Å². The van der Waals surface area contributed by atoms with Crippen LogP contribution in [0.5, 0.6) is 0 Å². The van der Waals surface area contributed by atoms with Gasteiger partial charge in [0.2, 0.25) is 0 Å². The van der Waals surface area contributed by atoms with Gasteiger partial charge < -0.3 is 16.0 Å². The maximum atomic E-state index is 4.62. The summed E-state index contributed by atoms with van der Waals surface area (Å²) in [5.74, 6) is 0. The summed E-state index contributed by atoms with van der Waals surface area (Å²) in [4.78, 5) is 4.62. The van der Waals surface area contributed by atoms with Crippen LogP contribution in [0.3, 0.4) is 0 Å². The Morgan fingerprint density at radius 1 is 0.700 bits per heavy atom. The van der Waals surface area contributed by atoms with E-state index < -0.39 is 0 Å². The fourth-order valence-corrected chi connectivity index (χ4v) is 3.56. The minimum absolute atomic E-state index is 0.846. The molecule has 0 radical (unpaired) electrons. The Hall–Kier alpha value is -3.21. The zero-order valence-corrected chi connectivity index (χ0v) is 17.4. The lowest BCUT2D eigenvalue weighted by Gasteiger charge is -2.12. The van der Waals surface area contributed by atoms with Crippen molar-refractivity contribution in [1.82, 2.24) is 15.6 Å². The zero-order valence-electron chi connectivity index (χ0n) is 17.4. The molecule has 0 amide bonds. The molecule has 30 heavy (non-hydrogen) atoms. The summed E-state index contributed by atoms with van der Waals surface area (Å²) in [5.41, 5.74) is 6.78. The number of benzene rings is 3. The number of fused-ring (bicyclic) bond motifs is 1. The summed E-state index contributed by atoms with van der Waals surface area (Å²) in [6.45, 7) is 5.65. The molecule has 0 saturated carbocycles. The molecule has 4 rings (SSSR count). The lowest BCUT2D eigenvalue weighted by molar-refractivity contribution is 0.611. The highest BCUT2D eigenvalue weighted by Crippen LogP contribution is 2.26. The van der Waals surface area contributed by atoms with Gasteiger partial charge in [0.15, 0.2) is 0 Å². The molecule has 0 unspecified atom stereocenters. The van der Waals surface area contributed by atoms with Crippen molar-refractivity contribution in [3.05, 3.63) is 102 Å². The average Bonchev–Trinajstić information content (AvgIpc) is 2.77. The molecule has 4 heteroatoms. The molecule has 0 aliphatic carbocycles. The number of pyridine rings is 1. The number of hydrogen-bond donors (Lipinski definition) is 3. The SMILES string of the molecule is Cc1cc(Nc2cccc(CNCCNCc3ccccc3)c2)c2ccccc2n1. The number of nitrogens with one attached hydrogen (secondary N) is 3. The first-order valence-corrected chi connectivity index (χ1v) is 10.5. The molecule has 1 heterocycles. The van der Waals surface area contributed by atoms with Crippen molar-refractivity contribution in [3.8, 4) is 0 Å². The Bertz CT molecular complexity index is 1090. The normalized spacial score (nSPS) is 11.0. The van der Waals surface area contributed by atoms with Gasteiger partial charge in [-0.25, -0.2) is 0 Å². The average molecular weight is 397 g/mol. The van der Waals surface area contributed by atoms with Gasteiger partial charge in [-0.05, 0) is 42.3 Å². The Kier molecular flexibility index (Phi) is 6.70. The first kappa shape index (κ1) is 20.1. The second-order valence-electron chi connectivity index (χ2n) is 7.49. The largest absolute Gasteiger partial charge is 0.355 e. The van der Waals surface area contributed by atoms with Crippen molar-refractivity contribution in [2.45, 2.75) is 20.0 Å². The first-order chi connectivity index (χ1) is 14.8. The predicted molar refractivity (Wildman–Crippen MR) is 126 cm³/mol. The van der Waals surface area contributed by atoms with Gasteiger partial charge >= 0.3 is 0 Å². The van der Waals surface area contributed by atoms with Crippen LogP contribution in [-0.4, -0.2) is 18.1 Å². The van der Waals surface area contributed by atoms with Crippen LogP contribution in [0.15, 0.2) is 84.9 Å².